The average Bonchev–Trinajstić information content (AvgIpc) is 2.92. The van der Waals surface area contributed by atoms with Crippen molar-refractivity contribution >= 4 is 10.0 Å². The Kier molecular flexibility index (Phi) is 2.47. The molecular formula is C9H9F2NO2S. The average molecular weight is 233 g/mol. The molecule has 2 rings (SSSR count). The zero-order valence-electron chi connectivity index (χ0n) is 7.70. The lowest BCUT2D eigenvalue weighted by Crippen LogP contribution is -2.26. The minimum absolute atomic E-state index is 0.127. The fourth-order valence-electron chi connectivity index (χ4n) is 1.17. The Morgan fingerprint density at radius 1 is 1.27 bits per heavy atom. The molecule has 82 valence electrons. The topological polar surface area (TPSA) is 46.2 Å². The van der Waals surface area contributed by atoms with E-state index < -0.39 is 26.6 Å². The van der Waals surface area contributed by atoms with Crippen molar-refractivity contribution in [1.29, 1.82) is 0 Å². The molecule has 15 heavy (non-hydrogen) atoms. The van der Waals surface area contributed by atoms with Crippen molar-refractivity contribution in [1.82, 2.24) is 4.72 Å². The maximum Gasteiger partial charge on any atom is 0.243 e. The van der Waals surface area contributed by atoms with Crippen molar-refractivity contribution in [3.63, 3.8) is 0 Å². The molecule has 0 unspecified atom stereocenters. The van der Waals surface area contributed by atoms with Gasteiger partial charge in [0.05, 0.1) is 0 Å². The summed E-state index contributed by atoms with van der Waals surface area (Å²) >= 11 is 0. The van der Waals surface area contributed by atoms with Crippen LogP contribution in [0.25, 0.3) is 0 Å². The van der Waals surface area contributed by atoms with Gasteiger partial charge in [-0.25, -0.2) is 21.9 Å². The van der Waals surface area contributed by atoms with Gasteiger partial charge in [-0.3, -0.25) is 0 Å². The van der Waals surface area contributed by atoms with Gasteiger partial charge in [-0.15, -0.1) is 0 Å². The van der Waals surface area contributed by atoms with Gasteiger partial charge in [0.1, 0.15) is 16.5 Å². The third-order valence-electron chi connectivity index (χ3n) is 2.08. The number of nitrogens with one attached hydrogen (secondary N) is 1. The van der Waals surface area contributed by atoms with Crippen LogP contribution >= 0.6 is 0 Å². The Morgan fingerprint density at radius 2 is 1.93 bits per heavy atom. The van der Waals surface area contributed by atoms with Gasteiger partial charge in [-0.05, 0) is 31.0 Å². The summed E-state index contributed by atoms with van der Waals surface area (Å²) in [5.41, 5.74) is 0. The molecule has 0 spiro atoms. The van der Waals surface area contributed by atoms with E-state index in [0.717, 1.165) is 25.0 Å². The molecule has 1 aliphatic carbocycles. The monoisotopic (exact) mass is 233 g/mol. The number of benzene rings is 1. The lowest BCUT2D eigenvalue weighted by atomic mass is 10.3. The summed E-state index contributed by atoms with van der Waals surface area (Å²) in [5, 5.41) is 0. The number of sulfonamides is 1. The molecule has 0 atom stereocenters. The van der Waals surface area contributed by atoms with Gasteiger partial charge in [0.15, 0.2) is 0 Å². The molecular weight excluding hydrogens is 224 g/mol. The molecule has 1 saturated carbocycles. The van der Waals surface area contributed by atoms with E-state index in [4.69, 9.17) is 0 Å². The molecule has 1 fully saturated rings. The maximum absolute atomic E-state index is 13.2. The zero-order chi connectivity index (χ0) is 11.1. The van der Waals surface area contributed by atoms with Crippen LogP contribution in [-0.2, 0) is 10.0 Å². The number of hydrogen-bond donors (Lipinski definition) is 1. The van der Waals surface area contributed by atoms with Gasteiger partial charge in [0.25, 0.3) is 0 Å². The Hall–Kier alpha value is -1.01. The Labute approximate surface area is 86.2 Å². The fraction of sp³-hybridized carbons (Fsp3) is 0.333. The van der Waals surface area contributed by atoms with E-state index in [2.05, 4.69) is 4.72 Å². The van der Waals surface area contributed by atoms with Crippen LogP contribution in [0.15, 0.2) is 23.1 Å². The lowest BCUT2D eigenvalue weighted by molar-refractivity contribution is 0.545. The van der Waals surface area contributed by atoms with Crippen LogP contribution in [0.3, 0.4) is 0 Å². The summed E-state index contributed by atoms with van der Waals surface area (Å²) in [6.45, 7) is 0. The van der Waals surface area contributed by atoms with Crippen molar-refractivity contribution < 1.29 is 17.2 Å². The molecule has 3 nitrogen and oxygen atoms in total. The van der Waals surface area contributed by atoms with Crippen molar-refractivity contribution in [2.24, 2.45) is 0 Å². The summed E-state index contributed by atoms with van der Waals surface area (Å²) in [4.78, 5) is -0.630. The van der Waals surface area contributed by atoms with Crippen molar-refractivity contribution in [2.75, 3.05) is 0 Å². The van der Waals surface area contributed by atoms with Crippen LogP contribution in [0.2, 0.25) is 0 Å². The molecule has 6 heteroatoms. The van der Waals surface area contributed by atoms with Crippen molar-refractivity contribution in [2.45, 2.75) is 23.8 Å². The van der Waals surface area contributed by atoms with E-state index in [9.17, 15) is 17.2 Å². The summed E-state index contributed by atoms with van der Waals surface area (Å²) in [7, 11) is -3.92. The molecule has 0 aromatic heterocycles. The van der Waals surface area contributed by atoms with Crippen LogP contribution in [0.1, 0.15) is 12.8 Å². The molecule has 0 bridgehead atoms. The molecule has 1 aromatic rings. The molecule has 0 saturated heterocycles. The number of rotatable bonds is 3. The highest BCUT2D eigenvalue weighted by Crippen LogP contribution is 2.23. The fourth-order valence-corrected chi connectivity index (χ4v) is 2.56. The first-order chi connectivity index (χ1) is 6.99. The van der Waals surface area contributed by atoms with Crippen LogP contribution in [0.4, 0.5) is 8.78 Å². The normalized spacial score (nSPS) is 16.7. The van der Waals surface area contributed by atoms with Gasteiger partial charge in [-0.2, -0.15) is 0 Å². The maximum atomic E-state index is 13.2. The molecule has 0 radical (unpaired) electrons. The first kappa shape index (κ1) is 10.5. The van der Waals surface area contributed by atoms with Crippen molar-refractivity contribution in [3.8, 4) is 0 Å². The van der Waals surface area contributed by atoms with E-state index >= 15 is 0 Å². The highest BCUT2D eigenvalue weighted by molar-refractivity contribution is 7.89. The standard InChI is InChI=1S/C9H9F2NO2S/c10-6-1-4-8(11)9(5-6)15(13,14)12-7-2-3-7/h1,4-5,7,12H,2-3H2. The van der Waals surface area contributed by atoms with E-state index in [1.165, 1.54) is 0 Å². The third kappa shape index (κ3) is 2.32. The van der Waals surface area contributed by atoms with Gasteiger partial charge < -0.3 is 0 Å². The third-order valence-corrected chi connectivity index (χ3v) is 3.62. The van der Waals surface area contributed by atoms with Crippen LogP contribution < -0.4 is 4.72 Å². The Bertz CT molecular complexity index is 483. The first-order valence-electron chi connectivity index (χ1n) is 4.46. The molecule has 1 aliphatic rings. The molecule has 0 heterocycles. The summed E-state index contributed by atoms with van der Waals surface area (Å²) in [6.07, 6.45) is 1.49. The first-order valence-corrected chi connectivity index (χ1v) is 5.95. The Balaban J connectivity index is 2.38. The summed E-state index contributed by atoms with van der Waals surface area (Å²) in [5.74, 6) is -1.71. The van der Waals surface area contributed by atoms with Gasteiger partial charge in [0, 0.05) is 6.04 Å². The largest absolute Gasteiger partial charge is 0.243 e. The predicted octanol–water partition coefficient (Wildman–Crippen LogP) is 1.41. The van der Waals surface area contributed by atoms with E-state index in [1.54, 1.807) is 0 Å². The van der Waals surface area contributed by atoms with Crippen LogP contribution in [0, 0.1) is 11.6 Å². The highest BCUT2D eigenvalue weighted by Gasteiger charge is 2.29. The minimum Gasteiger partial charge on any atom is -0.208 e. The molecule has 1 N–H and O–H groups in total. The van der Waals surface area contributed by atoms with Crippen LogP contribution in [0.5, 0.6) is 0 Å². The SMILES string of the molecule is O=S(=O)(NC1CC1)c1cc(F)ccc1F. The summed E-state index contributed by atoms with van der Waals surface area (Å²) in [6, 6.07) is 2.24. The smallest absolute Gasteiger partial charge is 0.208 e. The van der Waals surface area contributed by atoms with Gasteiger partial charge in [0.2, 0.25) is 10.0 Å². The summed E-state index contributed by atoms with van der Waals surface area (Å²) < 4.78 is 51.3. The second kappa shape index (κ2) is 3.53. The predicted molar refractivity (Wildman–Crippen MR) is 49.7 cm³/mol. The van der Waals surface area contributed by atoms with Crippen molar-refractivity contribution in [3.05, 3.63) is 29.8 Å². The molecule has 0 aliphatic heterocycles. The minimum atomic E-state index is -3.92. The van der Waals surface area contributed by atoms with E-state index in [0.29, 0.717) is 6.07 Å². The quantitative estimate of drug-likeness (QED) is 0.857. The lowest BCUT2D eigenvalue weighted by Gasteiger charge is -2.06. The van der Waals surface area contributed by atoms with Gasteiger partial charge in [-0.1, -0.05) is 0 Å². The Morgan fingerprint density at radius 3 is 2.53 bits per heavy atom. The number of halogens is 2. The van der Waals surface area contributed by atoms with Gasteiger partial charge >= 0.3 is 0 Å². The zero-order valence-corrected chi connectivity index (χ0v) is 8.52. The molecule has 0 amide bonds. The second-order valence-corrected chi connectivity index (χ2v) is 5.15. The van der Waals surface area contributed by atoms with E-state index in [-0.39, 0.29) is 6.04 Å². The second-order valence-electron chi connectivity index (χ2n) is 3.47. The van der Waals surface area contributed by atoms with E-state index in [1.807, 2.05) is 0 Å². The molecule has 1 aromatic carbocycles. The van der Waals surface area contributed by atoms with Crippen LogP contribution in [-0.4, -0.2) is 14.5 Å². The highest BCUT2D eigenvalue weighted by atomic mass is 32.2. The number of hydrogen-bond acceptors (Lipinski definition) is 2.